The van der Waals surface area contributed by atoms with E-state index in [2.05, 4.69) is 76.7 Å². The van der Waals surface area contributed by atoms with E-state index in [1.165, 1.54) is 25.7 Å². The van der Waals surface area contributed by atoms with Gasteiger partial charge in [0.15, 0.2) is 19.0 Å². The van der Waals surface area contributed by atoms with E-state index in [0.717, 1.165) is 172 Å². The summed E-state index contributed by atoms with van der Waals surface area (Å²) in [7, 11) is 4.06. The molecule has 0 unspecified atom stereocenters. The Bertz CT molecular complexity index is 1060. The van der Waals surface area contributed by atoms with Gasteiger partial charge in [0.2, 0.25) is 0 Å². The van der Waals surface area contributed by atoms with Gasteiger partial charge < -0.3 is 88.1 Å². The summed E-state index contributed by atoms with van der Waals surface area (Å²) in [5.41, 5.74) is -14.5. The van der Waals surface area contributed by atoms with Crippen LogP contribution in [0.4, 0.5) is 0 Å². The topological polar surface area (TPSA) is 184 Å². The Kier molecular flexibility index (Phi) is 59.3. The fourth-order valence-electron chi connectivity index (χ4n) is 6.85. The third-order valence-corrected chi connectivity index (χ3v) is 26.9. The summed E-state index contributed by atoms with van der Waals surface area (Å²) in [6.45, 7) is 25.0. The molecule has 0 saturated heterocycles. The molecular formula is C40H84Mo3O8P4S8+4. The van der Waals surface area contributed by atoms with E-state index in [0.29, 0.717) is 0 Å². The van der Waals surface area contributed by atoms with Crippen molar-refractivity contribution < 1.29 is 102 Å². The van der Waals surface area contributed by atoms with E-state index in [4.69, 9.17) is 0 Å². The molecule has 0 aliphatic rings. The van der Waals surface area contributed by atoms with Crippen molar-refractivity contribution in [1.29, 1.82) is 0 Å². The van der Waals surface area contributed by atoms with Crippen molar-refractivity contribution >= 4 is 116 Å². The Balaban J connectivity index is -0.000000131. The van der Waals surface area contributed by atoms with Gasteiger partial charge in [-0.15, -0.1) is 0 Å². The summed E-state index contributed by atoms with van der Waals surface area (Å²) in [5.74, 6) is 0. The maximum absolute atomic E-state index is 11.2. The van der Waals surface area contributed by atoms with Crippen LogP contribution in [0.3, 0.4) is 0 Å². The monoisotopic (exact) mass is 1370 g/mol. The minimum absolute atomic E-state index is 0. The summed E-state index contributed by atoms with van der Waals surface area (Å²) in [6.07, 6.45) is 24.6. The average Bonchev–Trinajstić information content (AvgIpc) is 3.15. The molecule has 63 heavy (non-hydrogen) atoms. The van der Waals surface area contributed by atoms with Crippen molar-refractivity contribution in [1.82, 2.24) is 0 Å². The van der Waals surface area contributed by atoms with Crippen LogP contribution >= 0.6 is 22.8 Å². The number of unbranched alkanes of at least 4 members (excludes halogenated alkanes) is 8. The number of hydrogen-bond donors (Lipinski definition) is 0. The van der Waals surface area contributed by atoms with Crippen LogP contribution in [0.2, 0.25) is 0 Å². The fourth-order valence-corrected chi connectivity index (χ4v) is 26.3. The molecule has 0 amide bonds. The Morgan fingerprint density at radius 3 is 0.492 bits per heavy atom. The molecule has 0 aliphatic carbocycles. The molecule has 0 heterocycles. The van der Waals surface area contributed by atoms with Gasteiger partial charge in [0.25, 0.3) is 0 Å². The van der Waals surface area contributed by atoms with Crippen LogP contribution in [0.25, 0.3) is 0 Å². The van der Waals surface area contributed by atoms with Crippen LogP contribution in [-0.2, 0) is 156 Å². The molecule has 0 atom stereocenters. The summed E-state index contributed by atoms with van der Waals surface area (Å²) in [4.78, 5) is 89.6. The summed E-state index contributed by atoms with van der Waals surface area (Å²) in [5, 5.41) is 0. The van der Waals surface area contributed by atoms with Gasteiger partial charge in [-0.2, -0.15) is 22.8 Å². The molecule has 0 fully saturated rings. The van der Waals surface area contributed by atoms with Crippen molar-refractivity contribution in [2.24, 2.45) is 0 Å². The molecule has 0 saturated carbocycles. The predicted molar refractivity (Wildman–Crippen MR) is 276 cm³/mol. The molecule has 8 nitrogen and oxygen atoms in total. The SMILES string of the molecule is CCCCCC(CC)(CC)[S+]=P([O-])([O-])[S-].CCCCCC(CC)(CC)[S+]=P([O-])([O-])[S-].CCCCCC(CC)(CC)[S+]=P([O-])([O-])[S-].CCCCCC(CC)(CC)[S+]=P([O-])([O-])[S-].[Mo+4].[Mo+4].[Mo+4]. The van der Waals surface area contributed by atoms with E-state index in [1.807, 2.05) is 55.4 Å². The van der Waals surface area contributed by atoms with Gasteiger partial charge in [0, 0.05) is 77.0 Å². The van der Waals surface area contributed by atoms with Crippen LogP contribution < -0.4 is 39.1 Å². The normalized spacial score (nSPS) is 12.3. The Morgan fingerprint density at radius 2 is 0.413 bits per heavy atom. The second kappa shape index (κ2) is 45.2. The van der Waals surface area contributed by atoms with Crippen LogP contribution in [0, 0.1) is 0 Å². The standard InChI is InChI=1S/4C10H21O2PS2.3Mo/c4*1-4-7-8-9-10(5-2,6-3)15-13(11,12)14;;;/h4*4-9H2,1-3H3;;;/q4*-2;3*+4. The summed E-state index contributed by atoms with van der Waals surface area (Å²) in [6, 6.07) is 0. The van der Waals surface area contributed by atoms with Crippen molar-refractivity contribution in [3.05, 3.63) is 0 Å². The second-order valence-corrected chi connectivity index (χ2v) is 39.8. The van der Waals surface area contributed by atoms with E-state index in [1.54, 1.807) is 0 Å². The van der Waals surface area contributed by atoms with E-state index in [9.17, 15) is 39.1 Å². The summed E-state index contributed by atoms with van der Waals surface area (Å²) < 4.78 is -0.579. The van der Waals surface area contributed by atoms with Crippen molar-refractivity contribution in [3.63, 3.8) is 0 Å². The first-order valence-corrected chi connectivity index (χ1v) is 38.7. The zero-order chi connectivity index (χ0) is 47.8. The van der Waals surface area contributed by atoms with Gasteiger partial charge >= 0.3 is 63.2 Å². The molecular weight excluding hydrogens is 1280 g/mol. The first kappa shape index (κ1) is 82.8. The van der Waals surface area contributed by atoms with Crippen LogP contribution in [-0.4, -0.2) is 19.0 Å². The van der Waals surface area contributed by atoms with E-state index < -0.39 is 22.8 Å². The Hall–Kier alpha value is 5.74. The third-order valence-electron chi connectivity index (χ3n) is 11.3. The second-order valence-electron chi connectivity index (χ2n) is 15.5. The molecule has 0 aliphatic heterocycles. The van der Waals surface area contributed by atoms with Gasteiger partial charge in [-0.1, -0.05) is 134 Å². The van der Waals surface area contributed by atoms with Crippen molar-refractivity contribution in [2.75, 3.05) is 0 Å². The van der Waals surface area contributed by atoms with E-state index >= 15 is 0 Å². The molecule has 0 bridgehead atoms. The quantitative estimate of drug-likeness (QED) is 0.0239. The Morgan fingerprint density at radius 1 is 0.286 bits per heavy atom. The molecule has 23 heteroatoms. The first-order chi connectivity index (χ1) is 27.6. The summed E-state index contributed by atoms with van der Waals surface area (Å²) >= 11 is 18.0. The zero-order valence-electron chi connectivity index (χ0n) is 40.5. The van der Waals surface area contributed by atoms with Gasteiger partial charge in [0.05, 0.1) is 43.8 Å². The van der Waals surface area contributed by atoms with Crippen molar-refractivity contribution in [2.45, 2.75) is 256 Å². The molecule has 0 radical (unpaired) electrons. The van der Waals surface area contributed by atoms with Crippen LogP contribution in [0.1, 0.15) is 237 Å². The van der Waals surface area contributed by atoms with Gasteiger partial charge in [-0.25, -0.2) is 0 Å². The van der Waals surface area contributed by atoms with E-state index in [-0.39, 0.29) is 82.2 Å². The molecule has 0 N–H and O–H groups in total. The van der Waals surface area contributed by atoms with Crippen LogP contribution in [0.5, 0.6) is 0 Å². The third kappa shape index (κ3) is 48.4. The minimum Gasteiger partial charge on any atom is -0.816 e. The van der Waals surface area contributed by atoms with Gasteiger partial charge in [-0.3, -0.25) is 0 Å². The van der Waals surface area contributed by atoms with Crippen molar-refractivity contribution in [3.8, 4) is 0 Å². The minimum atomic E-state index is -3.62. The molecule has 0 rings (SSSR count). The fraction of sp³-hybridized carbons (Fsp3) is 1.00. The zero-order valence-corrected chi connectivity index (χ0v) is 56.6. The Labute approximate surface area is 468 Å². The average molecular weight is 1360 g/mol. The smallest absolute Gasteiger partial charge is 0.816 e. The maximum Gasteiger partial charge on any atom is 4.00 e. The molecule has 0 aromatic heterocycles. The molecule has 374 valence electrons. The molecule has 0 aromatic carbocycles. The molecule has 0 aromatic rings. The largest absolute Gasteiger partial charge is 4.00 e. The molecule has 0 spiro atoms. The maximum atomic E-state index is 11.2. The predicted octanol–water partition coefficient (Wildman–Crippen LogP) is 8.61. The first-order valence-electron chi connectivity index (χ1n) is 22.5. The number of rotatable bonds is 28. The van der Waals surface area contributed by atoms with Gasteiger partial charge in [-0.05, 0) is 25.7 Å². The van der Waals surface area contributed by atoms with Crippen LogP contribution in [0.15, 0.2) is 0 Å². The number of hydrogen-bond acceptors (Lipinski definition) is 12. The van der Waals surface area contributed by atoms with Gasteiger partial charge in [0.1, 0.15) is 0 Å².